The van der Waals surface area contributed by atoms with Gasteiger partial charge in [0.25, 0.3) is 0 Å². The Bertz CT molecular complexity index is 1040. The highest BCUT2D eigenvalue weighted by Gasteiger charge is 2.56. The molecule has 0 aromatic carbocycles. The van der Waals surface area contributed by atoms with Gasteiger partial charge in [0, 0.05) is 13.0 Å². The summed E-state index contributed by atoms with van der Waals surface area (Å²) >= 11 is 0. The summed E-state index contributed by atoms with van der Waals surface area (Å²) in [6.07, 6.45) is 2.95. The van der Waals surface area contributed by atoms with Crippen LogP contribution < -0.4 is 11.1 Å². The molecule has 3 unspecified atom stereocenters. The number of rotatable bonds is 5. The summed E-state index contributed by atoms with van der Waals surface area (Å²) in [5.41, 5.74) is 6.02. The number of hydrogen-bond donors (Lipinski definition) is 2. The molecule has 1 aliphatic carbocycles. The summed E-state index contributed by atoms with van der Waals surface area (Å²) in [6, 6.07) is 3.00. The maximum Gasteiger partial charge on any atom is 0.393 e. The lowest BCUT2D eigenvalue weighted by molar-refractivity contribution is -0.195. The van der Waals surface area contributed by atoms with Crippen LogP contribution in [0.25, 0.3) is 5.65 Å². The number of methoxy groups -OCH3 is 1. The number of carbonyl (C=O) groups is 2. The molecule has 0 spiro atoms. The topological polar surface area (TPSA) is 112 Å². The van der Waals surface area contributed by atoms with Crippen molar-refractivity contribution in [1.29, 1.82) is 0 Å². The Morgan fingerprint density at radius 1 is 1.29 bits per heavy atom. The number of halogens is 3. The maximum absolute atomic E-state index is 13.4. The molecule has 2 aromatic heterocycles. The summed E-state index contributed by atoms with van der Waals surface area (Å²) in [4.78, 5) is 29.9. The third-order valence-corrected chi connectivity index (χ3v) is 7.20. The van der Waals surface area contributed by atoms with Gasteiger partial charge in [0.15, 0.2) is 11.1 Å². The molecule has 34 heavy (non-hydrogen) atoms. The van der Waals surface area contributed by atoms with E-state index in [9.17, 15) is 22.8 Å². The van der Waals surface area contributed by atoms with Crippen molar-refractivity contribution in [3.05, 3.63) is 29.7 Å². The van der Waals surface area contributed by atoms with E-state index in [-0.39, 0.29) is 18.2 Å². The number of ether oxygens (including phenoxy) is 1. The number of amides is 1. The first kappa shape index (κ1) is 24.4. The van der Waals surface area contributed by atoms with E-state index in [0.717, 1.165) is 32.8 Å². The molecule has 1 amide bonds. The van der Waals surface area contributed by atoms with Crippen molar-refractivity contribution >= 4 is 17.5 Å². The molecular weight excluding hydrogens is 451 g/mol. The SMILES string of the molecule is COC(=O)C1(Cc2ccc3nc(C(N)C4CCCCCC4)cn3n2)CC(C(F)(F)F)CNC1=O. The van der Waals surface area contributed by atoms with Crippen molar-refractivity contribution in [1.82, 2.24) is 19.9 Å². The lowest BCUT2D eigenvalue weighted by Gasteiger charge is -2.38. The Balaban J connectivity index is 1.61. The molecule has 3 heterocycles. The summed E-state index contributed by atoms with van der Waals surface area (Å²) in [5.74, 6) is -3.32. The van der Waals surface area contributed by atoms with Crippen molar-refractivity contribution in [2.45, 2.75) is 63.6 Å². The number of imidazole rings is 1. The minimum atomic E-state index is -4.56. The summed E-state index contributed by atoms with van der Waals surface area (Å²) in [5, 5.41) is 6.69. The first-order chi connectivity index (χ1) is 16.1. The van der Waals surface area contributed by atoms with E-state index >= 15 is 0 Å². The fourth-order valence-electron chi connectivity index (χ4n) is 5.21. The zero-order chi connectivity index (χ0) is 24.5. The highest BCUT2D eigenvalue weighted by Crippen LogP contribution is 2.41. The first-order valence-corrected chi connectivity index (χ1v) is 11.7. The van der Waals surface area contributed by atoms with Crippen molar-refractivity contribution < 1.29 is 27.5 Å². The Morgan fingerprint density at radius 2 is 2.00 bits per heavy atom. The van der Waals surface area contributed by atoms with Gasteiger partial charge in [0.1, 0.15) is 0 Å². The zero-order valence-corrected chi connectivity index (χ0v) is 19.1. The van der Waals surface area contributed by atoms with Crippen molar-refractivity contribution in [3.63, 3.8) is 0 Å². The van der Waals surface area contributed by atoms with Crippen LogP contribution in [0.3, 0.4) is 0 Å². The van der Waals surface area contributed by atoms with Gasteiger partial charge in [-0.3, -0.25) is 9.59 Å². The predicted molar refractivity (Wildman–Crippen MR) is 116 cm³/mol. The Kier molecular flexibility index (Phi) is 6.84. The third-order valence-electron chi connectivity index (χ3n) is 7.20. The van der Waals surface area contributed by atoms with Crippen LogP contribution in [0.1, 0.15) is 62.4 Å². The van der Waals surface area contributed by atoms with Crippen LogP contribution >= 0.6 is 0 Å². The molecule has 0 bridgehead atoms. The number of nitrogens with one attached hydrogen (secondary N) is 1. The van der Waals surface area contributed by atoms with Crippen LogP contribution in [0.4, 0.5) is 13.2 Å². The molecule has 0 radical (unpaired) electrons. The number of carbonyl (C=O) groups excluding carboxylic acids is 2. The molecule has 1 aliphatic heterocycles. The molecule has 186 valence electrons. The van der Waals surface area contributed by atoms with Gasteiger partial charge >= 0.3 is 12.1 Å². The highest BCUT2D eigenvalue weighted by atomic mass is 19.4. The van der Waals surface area contributed by atoms with E-state index in [1.165, 1.54) is 17.4 Å². The van der Waals surface area contributed by atoms with Gasteiger partial charge in [-0.1, -0.05) is 25.7 Å². The Labute approximate surface area is 195 Å². The molecule has 8 nitrogen and oxygen atoms in total. The number of esters is 1. The highest BCUT2D eigenvalue weighted by molar-refractivity contribution is 6.03. The number of piperidine rings is 1. The number of fused-ring (bicyclic) bond motifs is 1. The first-order valence-electron chi connectivity index (χ1n) is 11.7. The Hall–Kier alpha value is -2.69. The smallest absolute Gasteiger partial charge is 0.393 e. The van der Waals surface area contributed by atoms with Gasteiger partial charge in [-0.05, 0) is 37.3 Å². The molecule has 4 rings (SSSR count). The van der Waals surface area contributed by atoms with Gasteiger partial charge in [0.2, 0.25) is 5.91 Å². The van der Waals surface area contributed by atoms with Crippen LogP contribution in [-0.2, 0) is 20.7 Å². The van der Waals surface area contributed by atoms with Gasteiger partial charge in [-0.15, -0.1) is 0 Å². The van der Waals surface area contributed by atoms with Crippen molar-refractivity contribution in [3.8, 4) is 0 Å². The van der Waals surface area contributed by atoms with Gasteiger partial charge in [-0.2, -0.15) is 18.3 Å². The van der Waals surface area contributed by atoms with E-state index in [2.05, 4.69) is 15.4 Å². The molecule has 3 atom stereocenters. The average molecular weight is 482 g/mol. The second-order valence-electron chi connectivity index (χ2n) is 9.47. The largest absolute Gasteiger partial charge is 0.468 e. The van der Waals surface area contributed by atoms with E-state index in [1.54, 1.807) is 18.3 Å². The molecule has 1 saturated carbocycles. The normalized spacial score (nSPS) is 25.6. The quantitative estimate of drug-likeness (QED) is 0.386. The molecule has 2 fully saturated rings. The second kappa shape index (κ2) is 9.52. The standard InChI is InChI=1S/C23H30F3N5O3/c1-34-21(33)22(10-15(23(24,25)26)12-28-20(22)32)11-16-8-9-18-29-17(13-31(18)30-16)19(27)14-6-4-2-3-5-7-14/h8-9,13-15,19H,2-7,10-12,27H2,1H3,(H,28,32). The predicted octanol–water partition coefficient (Wildman–Crippen LogP) is 3.10. The molecule has 1 saturated heterocycles. The number of nitrogens with zero attached hydrogens (tertiary/aromatic N) is 3. The van der Waals surface area contributed by atoms with Gasteiger partial charge in [-0.25, -0.2) is 9.50 Å². The average Bonchev–Trinajstić information content (AvgIpc) is 3.03. The summed E-state index contributed by atoms with van der Waals surface area (Å²) in [6.45, 7) is -0.572. The van der Waals surface area contributed by atoms with Crippen LogP contribution in [0.5, 0.6) is 0 Å². The molecular formula is C23H30F3N5O3. The lowest BCUT2D eigenvalue weighted by Crippen LogP contribution is -2.57. The molecule has 3 N–H and O–H groups in total. The molecule has 2 aromatic rings. The number of aromatic nitrogens is 3. The van der Waals surface area contributed by atoms with E-state index < -0.39 is 42.4 Å². The second-order valence-corrected chi connectivity index (χ2v) is 9.47. The minimum Gasteiger partial charge on any atom is -0.468 e. The maximum atomic E-state index is 13.4. The van der Waals surface area contributed by atoms with E-state index in [4.69, 9.17) is 10.5 Å². The van der Waals surface area contributed by atoms with E-state index in [0.29, 0.717) is 17.3 Å². The fraction of sp³-hybridized carbons (Fsp3) is 0.652. The monoisotopic (exact) mass is 481 g/mol. The van der Waals surface area contributed by atoms with Crippen molar-refractivity contribution in [2.75, 3.05) is 13.7 Å². The Morgan fingerprint density at radius 3 is 2.65 bits per heavy atom. The summed E-state index contributed by atoms with van der Waals surface area (Å²) in [7, 11) is 1.06. The summed E-state index contributed by atoms with van der Waals surface area (Å²) < 4.78 is 46.6. The molecule has 2 aliphatic rings. The van der Waals surface area contributed by atoms with Crippen LogP contribution in [0.15, 0.2) is 18.3 Å². The molecule has 11 heteroatoms. The third kappa shape index (κ3) is 4.75. The van der Waals surface area contributed by atoms with Crippen LogP contribution in [-0.4, -0.2) is 46.3 Å². The minimum absolute atomic E-state index is 0.235. The zero-order valence-electron chi connectivity index (χ0n) is 19.1. The van der Waals surface area contributed by atoms with Gasteiger partial charge in [0.05, 0.1) is 36.7 Å². The number of alkyl halides is 3. The number of nitrogens with two attached hydrogens (primary N) is 1. The van der Waals surface area contributed by atoms with E-state index in [1.807, 2.05) is 0 Å². The van der Waals surface area contributed by atoms with Crippen LogP contribution in [0.2, 0.25) is 0 Å². The van der Waals surface area contributed by atoms with Crippen LogP contribution in [0, 0.1) is 17.3 Å². The lowest BCUT2D eigenvalue weighted by atomic mass is 9.72. The fourth-order valence-corrected chi connectivity index (χ4v) is 5.21. The van der Waals surface area contributed by atoms with Crippen molar-refractivity contribution in [2.24, 2.45) is 23.0 Å². The van der Waals surface area contributed by atoms with Gasteiger partial charge < -0.3 is 15.8 Å². The number of hydrogen-bond acceptors (Lipinski definition) is 6.